The van der Waals surface area contributed by atoms with E-state index in [2.05, 4.69) is 37.4 Å². The van der Waals surface area contributed by atoms with Gasteiger partial charge in [-0.2, -0.15) is 0 Å². The Hall–Kier alpha value is -1.64. The van der Waals surface area contributed by atoms with Gasteiger partial charge in [0.15, 0.2) is 0 Å². The number of imide groups is 1. The van der Waals surface area contributed by atoms with Gasteiger partial charge >= 0.3 is 0 Å². The Morgan fingerprint density at radius 2 is 1.89 bits per heavy atom. The topological polar surface area (TPSA) is 46.2 Å². The van der Waals surface area contributed by atoms with Crippen molar-refractivity contribution in [2.24, 2.45) is 5.92 Å². The van der Waals surface area contributed by atoms with Crippen LogP contribution in [-0.4, -0.2) is 11.8 Å². The van der Waals surface area contributed by atoms with Crippen molar-refractivity contribution in [2.45, 2.75) is 44.4 Å². The van der Waals surface area contributed by atoms with Gasteiger partial charge in [-0.15, -0.1) is 0 Å². The minimum absolute atomic E-state index is 0.0930. The Labute approximate surface area is 113 Å². The van der Waals surface area contributed by atoms with Crippen LogP contribution in [0.5, 0.6) is 0 Å². The Balaban J connectivity index is 2.01. The lowest BCUT2D eigenvalue weighted by molar-refractivity contribution is -0.126. The van der Waals surface area contributed by atoms with Crippen LogP contribution in [0.1, 0.15) is 50.2 Å². The van der Waals surface area contributed by atoms with E-state index in [1.54, 1.807) is 0 Å². The summed E-state index contributed by atoms with van der Waals surface area (Å²) in [5.41, 5.74) is 2.75. The number of hydrogen-bond donors (Lipinski definition) is 1. The Morgan fingerprint density at radius 3 is 2.58 bits per heavy atom. The second-order valence-electron chi connectivity index (χ2n) is 6.34. The van der Waals surface area contributed by atoms with Gasteiger partial charge in [-0.05, 0) is 35.3 Å². The van der Waals surface area contributed by atoms with Crippen molar-refractivity contribution in [3.05, 3.63) is 35.4 Å². The van der Waals surface area contributed by atoms with Gasteiger partial charge in [0.1, 0.15) is 0 Å². The highest BCUT2D eigenvalue weighted by Gasteiger charge is 2.42. The van der Waals surface area contributed by atoms with Crippen molar-refractivity contribution in [3.63, 3.8) is 0 Å². The van der Waals surface area contributed by atoms with E-state index < -0.39 is 0 Å². The molecule has 2 aliphatic rings. The Kier molecular flexibility index (Phi) is 2.73. The van der Waals surface area contributed by atoms with Crippen molar-refractivity contribution in [3.8, 4) is 0 Å². The van der Waals surface area contributed by atoms with E-state index in [9.17, 15) is 9.59 Å². The average Bonchev–Trinajstić information content (AvgIpc) is 2.69. The summed E-state index contributed by atoms with van der Waals surface area (Å²) in [5.74, 6) is -0.206. The molecule has 2 unspecified atom stereocenters. The Morgan fingerprint density at radius 1 is 1.16 bits per heavy atom. The largest absolute Gasteiger partial charge is 0.296 e. The minimum atomic E-state index is -0.176. The van der Waals surface area contributed by atoms with Crippen molar-refractivity contribution in [2.75, 3.05) is 0 Å². The molecule has 0 saturated carbocycles. The van der Waals surface area contributed by atoms with Crippen LogP contribution in [0.2, 0.25) is 0 Å². The van der Waals surface area contributed by atoms with E-state index in [4.69, 9.17) is 0 Å². The van der Waals surface area contributed by atoms with Gasteiger partial charge in [0.05, 0.1) is 5.92 Å². The zero-order valence-corrected chi connectivity index (χ0v) is 11.4. The molecule has 0 radical (unpaired) electrons. The van der Waals surface area contributed by atoms with E-state index in [-0.39, 0.29) is 29.1 Å². The monoisotopic (exact) mass is 257 g/mol. The number of carbonyl (C=O) groups excluding carboxylic acids is 2. The molecule has 1 fully saturated rings. The summed E-state index contributed by atoms with van der Waals surface area (Å²) in [6.45, 7) is 4.50. The van der Waals surface area contributed by atoms with Gasteiger partial charge < -0.3 is 0 Å². The lowest BCUT2D eigenvalue weighted by Crippen LogP contribution is -2.32. The van der Waals surface area contributed by atoms with Crippen LogP contribution in [0, 0.1) is 5.92 Å². The molecule has 3 nitrogen and oxygen atoms in total. The molecule has 2 atom stereocenters. The van der Waals surface area contributed by atoms with Crippen LogP contribution in [0.15, 0.2) is 24.3 Å². The maximum atomic E-state index is 11.9. The van der Waals surface area contributed by atoms with E-state index in [1.165, 1.54) is 11.1 Å². The van der Waals surface area contributed by atoms with Gasteiger partial charge in [0.25, 0.3) is 0 Å². The van der Waals surface area contributed by atoms with Crippen molar-refractivity contribution >= 4 is 11.8 Å². The lowest BCUT2D eigenvalue weighted by Gasteiger charge is -2.38. The number of fused-ring (bicyclic) bond motifs is 1. The van der Waals surface area contributed by atoms with Crippen LogP contribution in [0.4, 0.5) is 0 Å². The fourth-order valence-electron chi connectivity index (χ4n) is 3.56. The van der Waals surface area contributed by atoms with Gasteiger partial charge in [0, 0.05) is 6.42 Å². The van der Waals surface area contributed by atoms with E-state index in [0.717, 1.165) is 12.8 Å². The molecule has 3 heteroatoms. The van der Waals surface area contributed by atoms with Crippen LogP contribution in [0.25, 0.3) is 0 Å². The molecule has 0 bridgehead atoms. The summed E-state index contributed by atoms with van der Waals surface area (Å²) in [7, 11) is 0. The number of carbonyl (C=O) groups is 2. The molecule has 1 N–H and O–H groups in total. The summed E-state index contributed by atoms with van der Waals surface area (Å²) < 4.78 is 0. The van der Waals surface area contributed by atoms with Crippen LogP contribution >= 0.6 is 0 Å². The third kappa shape index (κ3) is 1.97. The number of hydrogen-bond acceptors (Lipinski definition) is 2. The third-order valence-electron chi connectivity index (χ3n) is 4.66. The molecule has 0 aromatic heterocycles. The molecule has 0 spiro atoms. The first-order valence-electron chi connectivity index (χ1n) is 6.92. The highest BCUT2D eigenvalue weighted by Crippen LogP contribution is 2.46. The second-order valence-corrected chi connectivity index (χ2v) is 6.34. The minimum Gasteiger partial charge on any atom is -0.296 e. The van der Waals surface area contributed by atoms with E-state index >= 15 is 0 Å². The fraction of sp³-hybridized carbons (Fsp3) is 0.500. The predicted molar refractivity (Wildman–Crippen MR) is 72.7 cm³/mol. The van der Waals surface area contributed by atoms with Crippen LogP contribution in [-0.2, 0) is 15.0 Å². The summed E-state index contributed by atoms with van der Waals surface area (Å²) >= 11 is 0. The summed E-state index contributed by atoms with van der Waals surface area (Å²) in [6, 6.07) is 8.37. The first kappa shape index (κ1) is 12.4. The first-order valence-corrected chi connectivity index (χ1v) is 6.92. The first-order chi connectivity index (χ1) is 8.99. The molecule has 1 aromatic carbocycles. The van der Waals surface area contributed by atoms with Gasteiger partial charge in [0.2, 0.25) is 11.8 Å². The highest BCUT2D eigenvalue weighted by molar-refractivity contribution is 6.03. The second kappa shape index (κ2) is 4.19. The normalized spacial score (nSPS) is 28.9. The molecular weight excluding hydrogens is 238 g/mol. The highest BCUT2D eigenvalue weighted by atomic mass is 16.2. The fourth-order valence-corrected chi connectivity index (χ4v) is 3.56. The summed E-state index contributed by atoms with van der Waals surface area (Å²) in [6.07, 6.45) is 2.39. The molecule has 3 rings (SSSR count). The molecule has 1 aliphatic heterocycles. The lowest BCUT2D eigenvalue weighted by atomic mass is 9.65. The predicted octanol–water partition coefficient (Wildman–Crippen LogP) is 2.50. The maximum absolute atomic E-state index is 11.9. The SMILES string of the molecule is CC1(C)CCC(C2CC(=O)NC2=O)c2ccccc21. The van der Waals surface area contributed by atoms with E-state index in [1.807, 2.05) is 6.07 Å². The van der Waals surface area contributed by atoms with Crippen LogP contribution < -0.4 is 5.32 Å². The van der Waals surface area contributed by atoms with Crippen LogP contribution in [0.3, 0.4) is 0 Å². The number of amides is 2. The van der Waals surface area contributed by atoms with Crippen molar-refractivity contribution in [1.29, 1.82) is 0 Å². The van der Waals surface area contributed by atoms with Crippen molar-refractivity contribution in [1.82, 2.24) is 5.32 Å². The quantitative estimate of drug-likeness (QED) is 0.786. The third-order valence-corrected chi connectivity index (χ3v) is 4.66. The number of rotatable bonds is 1. The molecule has 1 aromatic rings. The smallest absolute Gasteiger partial charge is 0.230 e. The number of nitrogens with one attached hydrogen (secondary N) is 1. The van der Waals surface area contributed by atoms with E-state index in [0.29, 0.717) is 6.42 Å². The Bertz CT molecular complexity index is 547. The summed E-state index contributed by atoms with van der Waals surface area (Å²) in [5, 5.41) is 2.44. The molecule has 1 aliphatic carbocycles. The molecule has 1 heterocycles. The molecule has 100 valence electrons. The molecular formula is C16H19NO2. The standard InChI is InChI=1S/C16H19NO2/c1-16(2)8-7-10(11-5-3-4-6-13(11)16)12-9-14(18)17-15(12)19/h3-6,10,12H,7-9H2,1-2H3,(H,17,18,19). The van der Waals surface area contributed by atoms with Gasteiger partial charge in [-0.3, -0.25) is 14.9 Å². The maximum Gasteiger partial charge on any atom is 0.230 e. The molecule has 19 heavy (non-hydrogen) atoms. The summed E-state index contributed by atoms with van der Waals surface area (Å²) in [4.78, 5) is 23.3. The van der Waals surface area contributed by atoms with Crippen molar-refractivity contribution < 1.29 is 9.59 Å². The number of benzene rings is 1. The molecule has 2 amide bonds. The van der Waals surface area contributed by atoms with Gasteiger partial charge in [-0.25, -0.2) is 0 Å². The van der Waals surface area contributed by atoms with Gasteiger partial charge in [-0.1, -0.05) is 38.1 Å². The zero-order chi connectivity index (χ0) is 13.6. The molecule has 1 saturated heterocycles. The zero-order valence-electron chi connectivity index (χ0n) is 11.4. The average molecular weight is 257 g/mol.